The van der Waals surface area contributed by atoms with Gasteiger partial charge in [-0.25, -0.2) is 14.6 Å². The number of hydrogen-bond acceptors (Lipinski definition) is 6. The Morgan fingerprint density at radius 3 is 2.58 bits per heavy atom. The normalized spacial score (nSPS) is 11.0. The van der Waals surface area contributed by atoms with E-state index in [0.717, 1.165) is 24.2 Å². The van der Waals surface area contributed by atoms with Gasteiger partial charge in [-0.1, -0.05) is 12.1 Å². The van der Waals surface area contributed by atoms with E-state index >= 15 is 0 Å². The average Bonchev–Trinajstić information content (AvgIpc) is 3.11. The van der Waals surface area contributed by atoms with Crippen LogP contribution in [0.3, 0.4) is 0 Å². The van der Waals surface area contributed by atoms with Crippen LogP contribution in [0.1, 0.15) is 25.0 Å². The van der Waals surface area contributed by atoms with Crippen molar-refractivity contribution in [1.29, 1.82) is 0 Å². The van der Waals surface area contributed by atoms with E-state index in [1.807, 2.05) is 13.1 Å². The van der Waals surface area contributed by atoms with Gasteiger partial charge in [0, 0.05) is 31.0 Å². The topological polar surface area (TPSA) is 71.2 Å². The summed E-state index contributed by atoms with van der Waals surface area (Å²) in [7, 11) is 0. The molecule has 0 bridgehead atoms. The van der Waals surface area contributed by atoms with E-state index in [4.69, 9.17) is 0 Å². The minimum atomic E-state index is 0.610. The van der Waals surface area contributed by atoms with Gasteiger partial charge in [-0.2, -0.15) is 10.2 Å². The van der Waals surface area contributed by atoms with Gasteiger partial charge in [-0.3, -0.25) is 5.43 Å². The summed E-state index contributed by atoms with van der Waals surface area (Å²) in [5, 5.41) is 8.51. The Balaban J connectivity index is 1.65. The molecule has 0 aliphatic rings. The highest BCUT2D eigenvalue weighted by atomic mass is 15.3. The van der Waals surface area contributed by atoms with Crippen LogP contribution >= 0.6 is 0 Å². The summed E-state index contributed by atoms with van der Waals surface area (Å²) >= 11 is 0. The number of nitrogens with zero attached hydrogens (tertiary/aromatic N) is 6. The van der Waals surface area contributed by atoms with Crippen LogP contribution in [0.15, 0.2) is 54.2 Å². The Labute approximate surface area is 153 Å². The zero-order chi connectivity index (χ0) is 18.4. The highest BCUT2D eigenvalue weighted by Crippen LogP contribution is 2.14. The van der Waals surface area contributed by atoms with Crippen LogP contribution in [0.4, 0.5) is 11.5 Å². The molecule has 0 saturated carbocycles. The second-order valence-corrected chi connectivity index (χ2v) is 5.86. The molecule has 0 atom stereocenters. The van der Waals surface area contributed by atoms with Crippen molar-refractivity contribution in [1.82, 2.24) is 19.7 Å². The van der Waals surface area contributed by atoms with Gasteiger partial charge in [0.2, 0.25) is 0 Å². The van der Waals surface area contributed by atoms with Crippen LogP contribution in [-0.4, -0.2) is 39.1 Å². The summed E-state index contributed by atoms with van der Waals surface area (Å²) in [5.74, 6) is 1.30. The van der Waals surface area contributed by atoms with Gasteiger partial charge in [0.25, 0.3) is 0 Å². The maximum atomic E-state index is 4.26. The number of hydrogen-bond donors (Lipinski definition) is 1. The third kappa shape index (κ3) is 4.24. The molecule has 3 rings (SSSR count). The molecular weight excluding hydrogens is 326 g/mol. The first-order valence-corrected chi connectivity index (χ1v) is 8.67. The van der Waals surface area contributed by atoms with Crippen molar-refractivity contribution in [3.63, 3.8) is 0 Å². The van der Waals surface area contributed by atoms with E-state index in [0.29, 0.717) is 11.6 Å². The summed E-state index contributed by atoms with van der Waals surface area (Å²) in [4.78, 5) is 10.7. The van der Waals surface area contributed by atoms with E-state index in [1.54, 1.807) is 23.2 Å². The van der Waals surface area contributed by atoms with Crippen LogP contribution in [0.5, 0.6) is 0 Å². The molecule has 2 heterocycles. The summed E-state index contributed by atoms with van der Waals surface area (Å²) in [6, 6.07) is 10.1. The largest absolute Gasteiger partial charge is 0.372 e. The lowest BCUT2D eigenvalue weighted by Crippen LogP contribution is -2.21. The summed E-state index contributed by atoms with van der Waals surface area (Å²) in [6.45, 7) is 8.29. The Hall–Kier alpha value is -3.22. The fraction of sp³-hybridized carbons (Fsp3) is 0.263. The van der Waals surface area contributed by atoms with Crippen LogP contribution in [0.2, 0.25) is 0 Å². The molecule has 0 saturated heterocycles. The molecule has 7 heteroatoms. The van der Waals surface area contributed by atoms with E-state index in [2.05, 4.69) is 68.6 Å². The third-order valence-corrected chi connectivity index (χ3v) is 4.01. The zero-order valence-corrected chi connectivity index (χ0v) is 15.3. The lowest BCUT2D eigenvalue weighted by Gasteiger charge is -2.20. The molecule has 0 fully saturated rings. The van der Waals surface area contributed by atoms with E-state index in [9.17, 15) is 0 Å². The minimum absolute atomic E-state index is 0.610. The molecular formula is C19H23N7. The molecule has 0 spiro atoms. The second kappa shape index (κ2) is 8.24. The van der Waals surface area contributed by atoms with Gasteiger partial charge < -0.3 is 4.90 Å². The lowest BCUT2D eigenvalue weighted by atomic mass is 10.2. The van der Waals surface area contributed by atoms with E-state index in [1.165, 1.54) is 12.0 Å². The van der Waals surface area contributed by atoms with Gasteiger partial charge in [-0.15, -0.1) is 0 Å². The molecule has 0 unspecified atom stereocenters. The van der Waals surface area contributed by atoms with Gasteiger partial charge in [0.15, 0.2) is 11.6 Å². The van der Waals surface area contributed by atoms with Gasteiger partial charge >= 0.3 is 0 Å². The Morgan fingerprint density at radius 1 is 1.15 bits per heavy atom. The SMILES string of the molecule is CCN(CC)c1ccc(/C=N/Nc2cc(-n3cc(C)cn3)ncn2)cc1. The molecule has 1 N–H and O–H groups in total. The van der Waals surface area contributed by atoms with Crippen molar-refractivity contribution < 1.29 is 0 Å². The molecule has 0 radical (unpaired) electrons. The number of rotatable bonds is 7. The van der Waals surface area contributed by atoms with Crippen molar-refractivity contribution in [2.24, 2.45) is 5.10 Å². The number of nitrogens with one attached hydrogen (secondary N) is 1. The van der Waals surface area contributed by atoms with E-state index < -0.39 is 0 Å². The molecule has 0 aliphatic carbocycles. The molecule has 2 aromatic heterocycles. The number of hydrazone groups is 1. The molecule has 0 aliphatic heterocycles. The Kier molecular flexibility index (Phi) is 5.58. The predicted molar refractivity (Wildman–Crippen MR) is 105 cm³/mol. The van der Waals surface area contributed by atoms with Gasteiger partial charge in [0.05, 0.1) is 12.4 Å². The summed E-state index contributed by atoms with van der Waals surface area (Å²) < 4.78 is 1.71. The standard InChI is InChI=1S/C19H23N7/c1-4-25(5-2)17-8-6-16(7-9-17)12-22-24-18-10-19(21-14-20-18)26-13-15(3)11-23-26/h6-14H,4-5H2,1-3H3,(H,20,21,24)/b22-12+. The second-order valence-electron chi connectivity index (χ2n) is 5.86. The van der Waals surface area contributed by atoms with Crippen molar-refractivity contribution in [3.8, 4) is 5.82 Å². The van der Waals surface area contributed by atoms with E-state index in [-0.39, 0.29) is 0 Å². The maximum Gasteiger partial charge on any atom is 0.158 e. The van der Waals surface area contributed by atoms with Crippen LogP contribution < -0.4 is 10.3 Å². The molecule has 7 nitrogen and oxygen atoms in total. The van der Waals surface area contributed by atoms with Crippen LogP contribution in [-0.2, 0) is 0 Å². The van der Waals surface area contributed by atoms with Crippen molar-refractivity contribution in [3.05, 3.63) is 60.2 Å². The lowest BCUT2D eigenvalue weighted by molar-refractivity contribution is 0.839. The Morgan fingerprint density at radius 2 is 1.92 bits per heavy atom. The first kappa shape index (κ1) is 17.6. The van der Waals surface area contributed by atoms with Crippen LogP contribution in [0.25, 0.3) is 5.82 Å². The molecule has 1 aromatic carbocycles. The zero-order valence-electron chi connectivity index (χ0n) is 15.3. The number of aryl methyl sites for hydroxylation is 1. The van der Waals surface area contributed by atoms with Crippen molar-refractivity contribution in [2.75, 3.05) is 23.4 Å². The average molecular weight is 349 g/mol. The molecule has 3 aromatic rings. The smallest absolute Gasteiger partial charge is 0.158 e. The number of anilines is 2. The quantitative estimate of drug-likeness (QED) is 0.524. The highest BCUT2D eigenvalue weighted by Gasteiger charge is 2.02. The minimum Gasteiger partial charge on any atom is -0.372 e. The van der Waals surface area contributed by atoms with Crippen molar-refractivity contribution >= 4 is 17.7 Å². The van der Waals surface area contributed by atoms with Crippen molar-refractivity contribution in [2.45, 2.75) is 20.8 Å². The van der Waals surface area contributed by atoms with Gasteiger partial charge in [-0.05, 0) is 44.0 Å². The monoisotopic (exact) mass is 349 g/mol. The first-order valence-electron chi connectivity index (χ1n) is 8.67. The molecule has 26 heavy (non-hydrogen) atoms. The fourth-order valence-electron chi connectivity index (χ4n) is 2.60. The highest BCUT2D eigenvalue weighted by molar-refractivity contribution is 5.80. The third-order valence-electron chi connectivity index (χ3n) is 4.01. The Bertz CT molecular complexity index is 864. The predicted octanol–water partition coefficient (Wildman–Crippen LogP) is 3.26. The summed E-state index contributed by atoms with van der Waals surface area (Å²) in [5.41, 5.74) is 6.25. The molecule has 0 amide bonds. The number of benzene rings is 1. The number of aromatic nitrogens is 4. The fourth-order valence-corrected chi connectivity index (χ4v) is 2.60. The molecule has 134 valence electrons. The first-order chi connectivity index (χ1) is 12.7. The van der Waals surface area contributed by atoms with Crippen LogP contribution in [0, 0.1) is 6.92 Å². The van der Waals surface area contributed by atoms with Gasteiger partial charge in [0.1, 0.15) is 6.33 Å². The summed E-state index contributed by atoms with van der Waals surface area (Å²) in [6.07, 6.45) is 6.96. The maximum absolute atomic E-state index is 4.26.